The van der Waals surface area contributed by atoms with E-state index in [0.717, 1.165) is 12.0 Å². The molecule has 0 bridgehead atoms. The molecule has 0 aliphatic carbocycles. The summed E-state index contributed by atoms with van der Waals surface area (Å²) >= 11 is 0. The first-order valence-electron chi connectivity index (χ1n) is 18.4. The Morgan fingerprint density at radius 3 is 1.87 bits per heavy atom. The molecule has 16 heteroatoms. The van der Waals surface area contributed by atoms with Gasteiger partial charge in [-0.05, 0) is 48.9 Å². The zero-order chi connectivity index (χ0) is 39.7. The minimum absolute atomic E-state index is 0.0237. The Morgan fingerprint density at radius 1 is 0.691 bits per heavy atom. The van der Waals surface area contributed by atoms with E-state index in [0.29, 0.717) is 75.8 Å². The summed E-state index contributed by atoms with van der Waals surface area (Å²) in [5.74, 6) is -2.03. The molecule has 0 aromatic heterocycles. The molecule has 0 heterocycles. The highest BCUT2D eigenvalue weighted by atomic mass is 32.2. The van der Waals surface area contributed by atoms with Crippen LogP contribution in [0, 0.1) is 5.41 Å². The van der Waals surface area contributed by atoms with Crippen LogP contribution in [0.4, 0.5) is 0 Å². The van der Waals surface area contributed by atoms with Gasteiger partial charge in [0.2, 0.25) is 27.7 Å². The second kappa shape index (κ2) is 25.4. The first-order valence-corrected chi connectivity index (χ1v) is 20.0. The Kier molecular flexibility index (Phi) is 20.6. The highest BCUT2D eigenvalue weighted by Gasteiger charge is 2.29. The van der Waals surface area contributed by atoms with Gasteiger partial charge in [-0.1, -0.05) is 84.9 Å². The van der Waals surface area contributed by atoms with Gasteiger partial charge in [-0.3, -0.25) is 19.8 Å². The summed E-state index contributed by atoms with van der Waals surface area (Å²) in [7, 11) is -3.99. The highest BCUT2D eigenvalue weighted by Crippen LogP contribution is 2.11. The van der Waals surface area contributed by atoms with E-state index in [1.54, 1.807) is 78.9 Å². The predicted molar refractivity (Wildman–Crippen MR) is 210 cm³/mol. The van der Waals surface area contributed by atoms with Gasteiger partial charge >= 0.3 is 0 Å². The number of amides is 3. The number of hydrogen-bond acceptors (Lipinski definition) is 10. The van der Waals surface area contributed by atoms with E-state index in [4.69, 9.17) is 31.1 Å². The van der Waals surface area contributed by atoms with E-state index in [9.17, 15) is 22.8 Å². The van der Waals surface area contributed by atoms with Crippen molar-refractivity contribution in [1.29, 1.82) is 5.41 Å². The third kappa shape index (κ3) is 18.9. The molecular weight excluding hydrogens is 727 g/mol. The highest BCUT2D eigenvalue weighted by molar-refractivity contribution is 7.88. The second-order valence-corrected chi connectivity index (χ2v) is 14.5. The summed E-state index contributed by atoms with van der Waals surface area (Å²) in [5.41, 5.74) is 13.5. The normalized spacial score (nSPS) is 12.4. The van der Waals surface area contributed by atoms with E-state index < -0.39 is 33.9 Å². The number of nitrogens with two attached hydrogens (primary N) is 2. The maximum absolute atomic E-state index is 13.8. The molecule has 9 N–H and O–H groups in total. The molecule has 55 heavy (non-hydrogen) atoms. The number of rotatable bonds is 28. The molecule has 0 saturated carbocycles. The molecular formula is C39H55N7O8S. The zero-order valence-corrected chi connectivity index (χ0v) is 32.0. The number of nitrogen functional groups attached to an aromatic ring is 1. The topological polar surface area (TPSA) is 237 Å². The Balaban J connectivity index is 1.59. The van der Waals surface area contributed by atoms with Crippen LogP contribution in [0.3, 0.4) is 0 Å². The minimum atomic E-state index is -3.99. The quantitative estimate of drug-likeness (QED) is 0.0318. The molecule has 3 rings (SSSR count). The van der Waals surface area contributed by atoms with E-state index in [1.165, 1.54) is 0 Å². The molecule has 0 aliphatic heterocycles. The van der Waals surface area contributed by atoms with Gasteiger partial charge in [0.25, 0.3) is 0 Å². The largest absolute Gasteiger partial charge is 0.384 e. The zero-order valence-electron chi connectivity index (χ0n) is 31.2. The van der Waals surface area contributed by atoms with Crippen molar-refractivity contribution >= 4 is 33.6 Å². The molecule has 0 aliphatic rings. The van der Waals surface area contributed by atoms with Crippen molar-refractivity contribution in [2.24, 2.45) is 11.5 Å². The van der Waals surface area contributed by atoms with Crippen LogP contribution in [-0.2, 0) is 57.3 Å². The van der Waals surface area contributed by atoms with Crippen LogP contribution in [0.15, 0.2) is 84.9 Å². The molecule has 3 aromatic rings. The second-order valence-electron chi connectivity index (χ2n) is 12.7. The average Bonchev–Trinajstić information content (AvgIpc) is 3.17. The lowest BCUT2D eigenvalue weighted by Crippen LogP contribution is -2.54. The maximum atomic E-state index is 13.8. The number of amidine groups is 1. The number of sulfonamides is 1. The lowest BCUT2D eigenvalue weighted by molar-refractivity contribution is -0.130. The maximum Gasteiger partial charge on any atom is 0.242 e. The number of hydrogen-bond donors (Lipinski definition) is 7. The van der Waals surface area contributed by atoms with E-state index >= 15 is 0 Å². The van der Waals surface area contributed by atoms with E-state index in [1.807, 2.05) is 6.07 Å². The van der Waals surface area contributed by atoms with Gasteiger partial charge in [-0.15, -0.1) is 0 Å². The predicted octanol–water partition coefficient (Wildman–Crippen LogP) is 1.49. The van der Waals surface area contributed by atoms with Crippen molar-refractivity contribution in [2.75, 3.05) is 52.7 Å². The van der Waals surface area contributed by atoms with E-state index in [2.05, 4.69) is 20.7 Å². The number of carbonyl (C=O) groups is 3. The molecule has 0 saturated heterocycles. The number of nitrogens with one attached hydrogen (secondary N) is 5. The van der Waals surface area contributed by atoms with Crippen molar-refractivity contribution in [3.63, 3.8) is 0 Å². The van der Waals surface area contributed by atoms with Crippen LogP contribution in [0.1, 0.15) is 47.9 Å². The van der Waals surface area contributed by atoms with Gasteiger partial charge in [-0.25, -0.2) is 13.1 Å². The van der Waals surface area contributed by atoms with Gasteiger partial charge in [0, 0.05) is 38.3 Å². The first-order chi connectivity index (χ1) is 26.6. The van der Waals surface area contributed by atoms with Crippen LogP contribution in [0.25, 0.3) is 0 Å². The van der Waals surface area contributed by atoms with Crippen molar-refractivity contribution in [1.82, 2.24) is 20.7 Å². The SMILES string of the molecule is N=C(N)c1ccc(CNC(=O)[C@@H](CCC(=O)NCCCOCCOCCOCCCN)NC(=O)[C@H](Cc2ccccc2)NS(=O)(=O)Cc2ccccc2)cc1. The molecule has 3 amide bonds. The first kappa shape index (κ1) is 44.7. The van der Waals surface area contributed by atoms with Gasteiger partial charge in [0.15, 0.2) is 0 Å². The fourth-order valence-electron chi connectivity index (χ4n) is 5.24. The molecule has 0 fully saturated rings. The Labute approximate surface area is 323 Å². The summed E-state index contributed by atoms with van der Waals surface area (Å²) < 4.78 is 45.4. The van der Waals surface area contributed by atoms with Gasteiger partial charge < -0.3 is 41.6 Å². The molecule has 0 radical (unpaired) electrons. The van der Waals surface area contributed by atoms with Crippen LogP contribution in [0.5, 0.6) is 0 Å². The Hall–Kier alpha value is -4.71. The third-order valence-electron chi connectivity index (χ3n) is 8.17. The average molecular weight is 782 g/mol. The summed E-state index contributed by atoms with van der Waals surface area (Å²) in [6, 6.07) is 21.9. The molecule has 15 nitrogen and oxygen atoms in total. The molecule has 300 valence electrons. The monoisotopic (exact) mass is 781 g/mol. The van der Waals surface area contributed by atoms with Crippen molar-refractivity contribution in [3.05, 3.63) is 107 Å². The lowest BCUT2D eigenvalue weighted by Gasteiger charge is -2.23. The van der Waals surface area contributed by atoms with Crippen molar-refractivity contribution < 1.29 is 37.0 Å². The van der Waals surface area contributed by atoms with Crippen molar-refractivity contribution in [2.45, 2.75) is 56.5 Å². The van der Waals surface area contributed by atoms with Crippen LogP contribution < -0.4 is 32.1 Å². The molecule has 0 unspecified atom stereocenters. The van der Waals surface area contributed by atoms with Gasteiger partial charge in [0.05, 0.1) is 32.2 Å². The Morgan fingerprint density at radius 2 is 1.27 bits per heavy atom. The number of benzene rings is 3. The van der Waals surface area contributed by atoms with Crippen LogP contribution >= 0.6 is 0 Å². The van der Waals surface area contributed by atoms with E-state index in [-0.39, 0.29) is 43.3 Å². The number of carbonyl (C=O) groups excluding carboxylic acids is 3. The van der Waals surface area contributed by atoms with Crippen LogP contribution in [0.2, 0.25) is 0 Å². The summed E-state index contributed by atoms with van der Waals surface area (Å²) in [6.07, 6.45) is 1.25. The van der Waals surface area contributed by atoms with Gasteiger partial charge in [-0.2, -0.15) is 0 Å². The minimum Gasteiger partial charge on any atom is -0.384 e. The fraction of sp³-hybridized carbons (Fsp3) is 0.436. The van der Waals surface area contributed by atoms with Crippen molar-refractivity contribution in [3.8, 4) is 0 Å². The Bertz CT molecular complexity index is 1700. The standard InChI is InChI=1S/C39H55N7O8S/c40-19-7-21-52-23-25-54-26-24-53-22-8-20-43-36(47)18-17-34(38(48)44-28-31-13-15-33(16-14-31)37(41)42)45-39(49)35(27-30-9-3-1-4-10-30)46-55(50,51)29-32-11-5-2-6-12-32/h1-6,9-16,34-35,46H,7-8,17-29,40H2,(H3,41,42)(H,43,47)(H,44,48)(H,45,49)/t34-,35+/m1/s1. The summed E-state index contributed by atoms with van der Waals surface area (Å²) in [4.78, 5) is 40.2. The summed E-state index contributed by atoms with van der Waals surface area (Å²) in [6.45, 7) is 3.84. The fourth-order valence-corrected chi connectivity index (χ4v) is 6.58. The van der Waals surface area contributed by atoms with Gasteiger partial charge in [0.1, 0.15) is 17.9 Å². The summed E-state index contributed by atoms with van der Waals surface area (Å²) in [5, 5.41) is 15.9. The number of ether oxygens (including phenoxy) is 3. The molecule has 3 aromatic carbocycles. The molecule has 2 atom stereocenters. The third-order valence-corrected chi connectivity index (χ3v) is 9.53. The van der Waals surface area contributed by atoms with Crippen LogP contribution in [-0.4, -0.2) is 96.8 Å². The molecule has 0 spiro atoms. The lowest BCUT2D eigenvalue weighted by atomic mass is 10.0. The smallest absolute Gasteiger partial charge is 0.242 e.